The van der Waals surface area contributed by atoms with Crippen LogP contribution < -0.4 is 16.4 Å². The molecule has 0 unspecified atom stereocenters. The molecule has 11 heteroatoms. The Labute approximate surface area is 210 Å². The molecule has 1 aromatic carbocycles. The molecule has 1 atom stereocenters. The maximum atomic E-state index is 13.0. The van der Waals surface area contributed by atoms with Crippen molar-refractivity contribution in [2.75, 3.05) is 0 Å². The van der Waals surface area contributed by atoms with Crippen molar-refractivity contribution in [1.82, 2.24) is 30.7 Å². The summed E-state index contributed by atoms with van der Waals surface area (Å²) >= 11 is 1.66. The highest BCUT2D eigenvalue weighted by atomic mass is 32.1. The summed E-state index contributed by atoms with van der Waals surface area (Å²) in [5.74, 6) is -0.970. The third-order valence-electron chi connectivity index (χ3n) is 6.34. The first kappa shape index (κ1) is 23.6. The molecule has 0 saturated heterocycles. The minimum Gasteiger partial charge on any atom is -0.347 e. The van der Waals surface area contributed by atoms with Gasteiger partial charge in [-0.1, -0.05) is 24.2 Å². The average molecular weight is 505 g/mol. The molecule has 4 aromatic rings. The Bertz CT molecular complexity index is 1500. The number of hydrogen-bond acceptors (Lipinski definition) is 8. The van der Waals surface area contributed by atoms with Crippen molar-refractivity contribution in [3.63, 3.8) is 0 Å². The van der Waals surface area contributed by atoms with E-state index in [1.54, 1.807) is 11.3 Å². The Morgan fingerprint density at radius 3 is 2.72 bits per heavy atom. The lowest BCUT2D eigenvalue weighted by Gasteiger charge is -2.15. The second-order valence-electron chi connectivity index (χ2n) is 8.56. The monoisotopic (exact) mass is 504 g/mol. The Hall–Kier alpha value is -4.12. The Morgan fingerprint density at radius 2 is 2.00 bits per heavy atom. The molecule has 10 nitrogen and oxygen atoms in total. The van der Waals surface area contributed by atoms with Crippen LogP contribution in [0.3, 0.4) is 0 Å². The molecule has 1 aliphatic rings. The molecular formula is C25H24N6O4S. The first-order valence-corrected chi connectivity index (χ1v) is 12.5. The molecule has 2 amide bonds. The number of carbonyl (C=O) groups is 2. The van der Waals surface area contributed by atoms with E-state index in [1.165, 1.54) is 17.3 Å². The zero-order valence-corrected chi connectivity index (χ0v) is 20.6. The SMILES string of the molecule is CCc1cc(CNC(=O)c2cc(C(=O)N[C@H]3CCc4c3ccc(-c3noc(=O)[nH]3)c4C)ncn2)cs1. The average Bonchev–Trinajstić information content (AvgIpc) is 3.63. The number of benzene rings is 1. The van der Waals surface area contributed by atoms with E-state index < -0.39 is 5.76 Å². The van der Waals surface area contributed by atoms with Gasteiger partial charge in [-0.2, -0.15) is 0 Å². The second-order valence-corrected chi connectivity index (χ2v) is 9.56. The van der Waals surface area contributed by atoms with E-state index in [1.807, 2.05) is 24.4 Å². The summed E-state index contributed by atoms with van der Waals surface area (Å²) in [5.41, 5.74) is 5.16. The van der Waals surface area contributed by atoms with Gasteiger partial charge in [-0.25, -0.2) is 14.8 Å². The van der Waals surface area contributed by atoms with Crippen molar-refractivity contribution in [1.29, 1.82) is 0 Å². The van der Waals surface area contributed by atoms with E-state index in [-0.39, 0.29) is 29.2 Å². The number of rotatable bonds is 7. The van der Waals surface area contributed by atoms with Gasteiger partial charge in [-0.05, 0) is 59.9 Å². The van der Waals surface area contributed by atoms with Crippen molar-refractivity contribution in [2.24, 2.45) is 0 Å². The molecule has 36 heavy (non-hydrogen) atoms. The molecule has 5 rings (SSSR count). The van der Waals surface area contributed by atoms with Gasteiger partial charge >= 0.3 is 5.76 Å². The van der Waals surface area contributed by atoms with Crippen LogP contribution in [-0.4, -0.2) is 31.9 Å². The van der Waals surface area contributed by atoms with Crippen molar-refractivity contribution in [2.45, 2.75) is 45.7 Å². The molecule has 0 bridgehead atoms. The van der Waals surface area contributed by atoms with Gasteiger partial charge in [0.15, 0.2) is 5.82 Å². The van der Waals surface area contributed by atoms with Gasteiger partial charge in [0.25, 0.3) is 11.8 Å². The van der Waals surface area contributed by atoms with E-state index in [0.717, 1.165) is 47.1 Å². The normalized spacial score (nSPS) is 14.4. The Balaban J connectivity index is 1.27. The highest BCUT2D eigenvalue weighted by Gasteiger charge is 2.28. The minimum atomic E-state index is -0.606. The number of amides is 2. The molecule has 0 fully saturated rings. The Kier molecular flexibility index (Phi) is 6.47. The van der Waals surface area contributed by atoms with Crippen LogP contribution in [0, 0.1) is 6.92 Å². The molecule has 0 saturated carbocycles. The number of hydrogen-bond donors (Lipinski definition) is 3. The van der Waals surface area contributed by atoms with Crippen LogP contribution in [0.5, 0.6) is 0 Å². The summed E-state index contributed by atoms with van der Waals surface area (Å²) in [6.45, 7) is 4.44. The number of aromatic nitrogens is 4. The number of aryl methyl sites for hydroxylation is 1. The molecule has 0 spiro atoms. The molecule has 0 aliphatic heterocycles. The summed E-state index contributed by atoms with van der Waals surface area (Å²) < 4.78 is 4.63. The fourth-order valence-corrected chi connectivity index (χ4v) is 5.29. The van der Waals surface area contributed by atoms with Crippen molar-refractivity contribution < 1.29 is 14.1 Å². The standard InChI is InChI=1S/C25H24N6O4S/c1-3-15-8-14(11-36-15)10-26-23(32)20-9-21(28-12-27-20)24(33)29-19-7-6-16-13(2)17(4-5-18(16)19)22-30-25(34)35-31-22/h4-5,8-9,11-12,19H,3,6-7,10H2,1-2H3,(H,26,32)(H,29,33)(H,30,31,34)/t19-/m0/s1. The van der Waals surface area contributed by atoms with Gasteiger partial charge in [0.2, 0.25) is 0 Å². The zero-order valence-electron chi connectivity index (χ0n) is 19.8. The topological polar surface area (TPSA) is 143 Å². The van der Waals surface area contributed by atoms with Gasteiger partial charge < -0.3 is 10.6 Å². The van der Waals surface area contributed by atoms with Crippen LogP contribution in [0.4, 0.5) is 0 Å². The van der Waals surface area contributed by atoms with E-state index >= 15 is 0 Å². The summed E-state index contributed by atoms with van der Waals surface area (Å²) in [6.07, 6.45) is 3.67. The molecule has 184 valence electrons. The predicted octanol–water partition coefficient (Wildman–Crippen LogP) is 3.10. The predicted molar refractivity (Wildman–Crippen MR) is 133 cm³/mol. The second kappa shape index (κ2) is 9.86. The van der Waals surface area contributed by atoms with Crippen LogP contribution in [-0.2, 0) is 19.4 Å². The minimum absolute atomic E-state index is 0.126. The van der Waals surface area contributed by atoms with Crippen molar-refractivity contribution >= 4 is 23.2 Å². The largest absolute Gasteiger partial charge is 0.439 e. The summed E-state index contributed by atoms with van der Waals surface area (Å²) in [5, 5.41) is 11.7. The van der Waals surface area contributed by atoms with E-state index in [9.17, 15) is 14.4 Å². The zero-order chi connectivity index (χ0) is 25.2. The maximum Gasteiger partial charge on any atom is 0.439 e. The number of aromatic amines is 1. The van der Waals surface area contributed by atoms with Gasteiger partial charge in [-0.15, -0.1) is 11.3 Å². The first-order chi connectivity index (χ1) is 17.4. The summed E-state index contributed by atoms with van der Waals surface area (Å²) in [6, 6.07) is 7.06. The Morgan fingerprint density at radius 1 is 1.19 bits per heavy atom. The molecular weight excluding hydrogens is 480 g/mol. The lowest BCUT2D eigenvalue weighted by Crippen LogP contribution is -2.29. The molecule has 3 heterocycles. The van der Waals surface area contributed by atoms with E-state index in [2.05, 4.69) is 48.3 Å². The number of fused-ring (bicyclic) bond motifs is 1. The van der Waals surface area contributed by atoms with E-state index in [0.29, 0.717) is 12.4 Å². The van der Waals surface area contributed by atoms with Gasteiger partial charge in [0, 0.05) is 23.1 Å². The number of nitrogens with one attached hydrogen (secondary N) is 3. The van der Waals surface area contributed by atoms with Crippen LogP contribution in [0.15, 0.2) is 45.3 Å². The van der Waals surface area contributed by atoms with Crippen molar-refractivity contribution in [3.05, 3.63) is 85.0 Å². The van der Waals surface area contributed by atoms with E-state index in [4.69, 9.17) is 0 Å². The number of H-pyrrole nitrogens is 1. The number of thiophene rings is 1. The molecule has 3 aromatic heterocycles. The van der Waals surface area contributed by atoms with Crippen LogP contribution in [0.2, 0.25) is 0 Å². The third kappa shape index (κ3) is 4.69. The third-order valence-corrected chi connectivity index (χ3v) is 7.47. The van der Waals surface area contributed by atoms with Crippen LogP contribution >= 0.6 is 11.3 Å². The lowest BCUT2D eigenvalue weighted by atomic mass is 9.97. The smallest absolute Gasteiger partial charge is 0.347 e. The van der Waals surface area contributed by atoms with Gasteiger partial charge in [-0.3, -0.25) is 19.1 Å². The highest BCUT2D eigenvalue weighted by molar-refractivity contribution is 7.10. The van der Waals surface area contributed by atoms with Crippen LogP contribution in [0.1, 0.15) is 67.5 Å². The van der Waals surface area contributed by atoms with Crippen molar-refractivity contribution in [3.8, 4) is 11.4 Å². The fourth-order valence-electron chi connectivity index (χ4n) is 4.45. The number of carbonyl (C=O) groups excluding carboxylic acids is 2. The molecule has 3 N–H and O–H groups in total. The van der Waals surface area contributed by atoms with Gasteiger partial charge in [0.05, 0.1) is 6.04 Å². The molecule has 0 radical (unpaired) electrons. The summed E-state index contributed by atoms with van der Waals surface area (Å²) in [4.78, 5) is 48.9. The maximum absolute atomic E-state index is 13.0. The molecule has 1 aliphatic carbocycles. The van der Waals surface area contributed by atoms with Crippen LogP contribution in [0.25, 0.3) is 11.4 Å². The first-order valence-electron chi connectivity index (χ1n) is 11.6. The number of nitrogens with zero attached hydrogens (tertiary/aromatic N) is 3. The lowest BCUT2D eigenvalue weighted by molar-refractivity contribution is 0.0931. The summed E-state index contributed by atoms with van der Waals surface area (Å²) in [7, 11) is 0. The highest BCUT2D eigenvalue weighted by Crippen LogP contribution is 2.37. The fraction of sp³-hybridized carbons (Fsp3) is 0.280. The van der Waals surface area contributed by atoms with Gasteiger partial charge in [0.1, 0.15) is 17.7 Å². The quantitative estimate of drug-likeness (QED) is 0.351.